The van der Waals surface area contributed by atoms with Crippen molar-refractivity contribution in [3.05, 3.63) is 23.8 Å². The number of nitrogens with one attached hydrogen (secondary N) is 1. The molecule has 24 heavy (non-hydrogen) atoms. The summed E-state index contributed by atoms with van der Waals surface area (Å²) in [6.07, 6.45) is 3.84. The van der Waals surface area contributed by atoms with Gasteiger partial charge in [-0.15, -0.1) is 0 Å². The van der Waals surface area contributed by atoms with E-state index in [1.54, 1.807) is 19.1 Å². The van der Waals surface area contributed by atoms with E-state index in [0.717, 1.165) is 31.5 Å². The van der Waals surface area contributed by atoms with Gasteiger partial charge in [0.2, 0.25) is 11.8 Å². The highest BCUT2D eigenvalue weighted by Crippen LogP contribution is 2.27. The molecular formula is C18H26N2O4. The first-order valence-electron chi connectivity index (χ1n) is 8.39. The van der Waals surface area contributed by atoms with Gasteiger partial charge in [-0.1, -0.05) is 6.07 Å². The van der Waals surface area contributed by atoms with Crippen molar-refractivity contribution in [2.75, 3.05) is 33.9 Å². The largest absolute Gasteiger partial charge is 0.493 e. The molecule has 1 saturated heterocycles. The van der Waals surface area contributed by atoms with Crippen LogP contribution in [0.5, 0.6) is 11.5 Å². The highest BCUT2D eigenvalue weighted by atomic mass is 16.5. The van der Waals surface area contributed by atoms with Crippen LogP contribution in [0.1, 0.15) is 31.2 Å². The highest BCUT2D eigenvalue weighted by Gasteiger charge is 2.18. The topological polar surface area (TPSA) is 67.9 Å². The molecule has 1 aromatic rings. The van der Waals surface area contributed by atoms with Gasteiger partial charge in [-0.2, -0.15) is 0 Å². The van der Waals surface area contributed by atoms with E-state index in [1.165, 1.54) is 6.42 Å². The van der Waals surface area contributed by atoms with E-state index < -0.39 is 0 Å². The van der Waals surface area contributed by atoms with Crippen molar-refractivity contribution in [2.24, 2.45) is 0 Å². The van der Waals surface area contributed by atoms with Crippen LogP contribution in [0.2, 0.25) is 0 Å². The lowest BCUT2D eigenvalue weighted by Gasteiger charge is -2.26. The Hall–Kier alpha value is -2.24. The first kappa shape index (κ1) is 18.1. The van der Waals surface area contributed by atoms with Gasteiger partial charge < -0.3 is 19.7 Å². The van der Waals surface area contributed by atoms with E-state index >= 15 is 0 Å². The molecule has 1 aromatic carbocycles. The fourth-order valence-electron chi connectivity index (χ4n) is 2.84. The molecule has 0 radical (unpaired) electrons. The summed E-state index contributed by atoms with van der Waals surface area (Å²) < 4.78 is 10.5. The molecule has 6 nitrogen and oxygen atoms in total. The molecule has 2 amide bonds. The number of benzene rings is 1. The molecule has 1 aliphatic heterocycles. The van der Waals surface area contributed by atoms with Crippen molar-refractivity contribution in [1.82, 2.24) is 10.2 Å². The molecule has 0 spiro atoms. The second-order valence-corrected chi connectivity index (χ2v) is 5.91. The maximum Gasteiger partial charge on any atom is 0.232 e. The summed E-state index contributed by atoms with van der Waals surface area (Å²) in [5.74, 6) is 1.06. The number of rotatable bonds is 7. The number of carbonyl (C=O) groups is 2. The standard InChI is InChI=1S/C18H26N2O4/c1-23-15-7-6-14(12-16(15)24-2)8-9-19-17(21)13-18(22)20-10-4-3-5-11-20/h6-7,12H,3-5,8-11,13H2,1-2H3,(H,19,21). The minimum atomic E-state index is -0.217. The second kappa shape index (κ2) is 9.15. The fraction of sp³-hybridized carbons (Fsp3) is 0.556. The first-order chi connectivity index (χ1) is 11.6. The lowest BCUT2D eigenvalue weighted by molar-refractivity contribution is -0.136. The van der Waals surface area contributed by atoms with E-state index in [0.29, 0.717) is 24.5 Å². The van der Waals surface area contributed by atoms with Gasteiger partial charge in [-0.3, -0.25) is 9.59 Å². The third-order valence-corrected chi connectivity index (χ3v) is 4.20. The van der Waals surface area contributed by atoms with Crippen molar-refractivity contribution in [3.63, 3.8) is 0 Å². The summed E-state index contributed by atoms with van der Waals surface area (Å²) in [6.45, 7) is 2.04. The molecule has 1 aliphatic rings. The van der Waals surface area contributed by atoms with Gasteiger partial charge in [0.1, 0.15) is 6.42 Å². The van der Waals surface area contributed by atoms with Crippen molar-refractivity contribution >= 4 is 11.8 Å². The van der Waals surface area contributed by atoms with Crippen LogP contribution in [-0.4, -0.2) is 50.6 Å². The Kier molecular flexibility index (Phi) is 6.90. The first-order valence-corrected chi connectivity index (χ1v) is 8.39. The molecule has 0 atom stereocenters. The Balaban J connectivity index is 1.75. The average Bonchev–Trinajstić information content (AvgIpc) is 2.62. The number of hydrogen-bond acceptors (Lipinski definition) is 4. The number of ether oxygens (including phenoxy) is 2. The predicted molar refractivity (Wildman–Crippen MR) is 91.3 cm³/mol. The minimum absolute atomic E-state index is 0.0636. The van der Waals surface area contributed by atoms with Crippen LogP contribution >= 0.6 is 0 Å². The van der Waals surface area contributed by atoms with Gasteiger partial charge in [0.25, 0.3) is 0 Å². The van der Waals surface area contributed by atoms with Crippen molar-refractivity contribution in [3.8, 4) is 11.5 Å². The molecule has 0 saturated carbocycles. The zero-order valence-electron chi connectivity index (χ0n) is 14.5. The summed E-state index contributed by atoms with van der Waals surface area (Å²) >= 11 is 0. The van der Waals surface area contributed by atoms with Gasteiger partial charge in [-0.25, -0.2) is 0 Å². The van der Waals surface area contributed by atoms with Crippen molar-refractivity contribution in [2.45, 2.75) is 32.1 Å². The number of amides is 2. The van der Waals surface area contributed by atoms with E-state index in [2.05, 4.69) is 5.32 Å². The fourth-order valence-corrected chi connectivity index (χ4v) is 2.84. The lowest BCUT2D eigenvalue weighted by atomic mass is 10.1. The van der Waals surface area contributed by atoms with Gasteiger partial charge in [0, 0.05) is 19.6 Å². The monoisotopic (exact) mass is 334 g/mol. The SMILES string of the molecule is COc1ccc(CCNC(=O)CC(=O)N2CCCCC2)cc1OC. The Morgan fingerprint density at radius 1 is 1.08 bits per heavy atom. The Bertz CT molecular complexity index is 568. The highest BCUT2D eigenvalue weighted by molar-refractivity contribution is 5.96. The van der Waals surface area contributed by atoms with E-state index in [-0.39, 0.29) is 18.2 Å². The average molecular weight is 334 g/mol. The van der Waals surface area contributed by atoms with Gasteiger partial charge in [-0.05, 0) is 43.4 Å². The van der Waals surface area contributed by atoms with Crippen LogP contribution in [0.4, 0.5) is 0 Å². The summed E-state index contributed by atoms with van der Waals surface area (Å²) in [4.78, 5) is 25.7. The maximum atomic E-state index is 12.0. The molecule has 6 heteroatoms. The third-order valence-electron chi connectivity index (χ3n) is 4.20. The van der Waals surface area contributed by atoms with E-state index in [9.17, 15) is 9.59 Å². The summed E-state index contributed by atoms with van der Waals surface area (Å²) in [5.41, 5.74) is 1.04. The van der Waals surface area contributed by atoms with Crippen LogP contribution in [0.15, 0.2) is 18.2 Å². The summed E-state index contributed by atoms with van der Waals surface area (Å²) in [6, 6.07) is 5.67. The van der Waals surface area contributed by atoms with Gasteiger partial charge in [0.15, 0.2) is 11.5 Å². The number of piperidine rings is 1. The smallest absolute Gasteiger partial charge is 0.232 e. The molecule has 0 bridgehead atoms. The Morgan fingerprint density at radius 2 is 1.79 bits per heavy atom. The van der Waals surface area contributed by atoms with Gasteiger partial charge in [0.05, 0.1) is 14.2 Å². The van der Waals surface area contributed by atoms with Gasteiger partial charge >= 0.3 is 0 Å². The van der Waals surface area contributed by atoms with Crippen LogP contribution < -0.4 is 14.8 Å². The molecule has 0 aromatic heterocycles. The third kappa shape index (κ3) is 5.15. The number of nitrogens with zero attached hydrogens (tertiary/aromatic N) is 1. The van der Waals surface area contributed by atoms with Crippen LogP contribution in [-0.2, 0) is 16.0 Å². The zero-order valence-corrected chi connectivity index (χ0v) is 14.5. The predicted octanol–water partition coefficient (Wildman–Crippen LogP) is 1.77. The van der Waals surface area contributed by atoms with Crippen LogP contribution in [0.3, 0.4) is 0 Å². The Labute approximate surface area is 143 Å². The maximum absolute atomic E-state index is 12.0. The molecule has 1 heterocycles. The molecule has 132 valence electrons. The number of likely N-dealkylation sites (tertiary alicyclic amines) is 1. The minimum Gasteiger partial charge on any atom is -0.493 e. The summed E-state index contributed by atoms with van der Waals surface area (Å²) in [5, 5.41) is 2.81. The molecular weight excluding hydrogens is 308 g/mol. The molecule has 0 unspecified atom stereocenters. The lowest BCUT2D eigenvalue weighted by Crippen LogP contribution is -2.39. The van der Waals surface area contributed by atoms with Crippen LogP contribution in [0.25, 0.3) is 0 Å². The Morgan fingerprint density at radius 3 is 2.46 bits per heavy atom. The van der Waals surface area contributed by atoms with Crippen molar-refractivity contribution in [1.29, 1.82) is 0 Å². The molecule has 0 aliphatic carbocycles. The number of methoxy groups -OCH3 is 2. The van der Waals surface area contributed by atoms with E-state index in [1.807, 2.05) is 18.2 Å². The molecule has 1 N–H and O–H groups in total. The van der Waals surface area contributed by atoms with E-state index in [4.69, 9.17) is 9.47 Å². The summed E-state index contributed by atoms with van der Waals surface area (Å²) in [7, 11) is 3.19. The van der Waals surface area contributed by atoms with Crippen LogP contribution in [0, 0.1) is 0 Å². The number of carbonyl (C=O) groups excluding carboxylic acids is 2. The zero-order chi connectivity index (χ0) is 17.4. The van der Waals surface area contributed by atoms with Crippen molar-refractivity contribution < 1.29 is 19.1 Å². The normalized spacial score (nSPS) is 14.2. The number of hydrogen-bond donors (Lipinski definition) is 1. The molecule has 1 fully saturated rings. The molecule has 2 rings (SSSR count). The quantitative estimate of drug-likeness (QED) is 0.772. The second-order valence-electron chi connectivity index (χ2n) is 5.91.